The summed E-state index contributed by atoms with van der Waals surface area (Å²) in [5.74, 6) is 0. The van der Waals surface area contributed by atoms with Gasteiger partial charge in [0.25, 0.3) is 10.2 Å². The molecule has 0 atom stereocenters. The molecule has 0 bridgehead atoms. The Kier molecular flexibility index (Phi) is 4.62. The first kappa shape index (κ1) is 15.6. The van der Waals surface area contributed by atoms with E-state index in [-0.39, 0.29) is 16.3 Å². The van der Waals surface area contributed by atoms with E-state index >= 15 is 0 Å². The summed E-state index contributed by atoms with van der Waals surface area (Å²) >= 11 is 5.66. The second-order valence-corrected chi connectivity index (χ2v) is 5.26. The Hall–Kier alpha value is -1.50. The van der Waals surface area contributed by atoms with Crippen LogP contribution in [0.2, 0.25) is 5.02 Å². The van der Waals surface area contributed by atoms with Crippen LogP contribution in [0.4, 0.5) is 18.9 Å². The number of anilines is 1. The molecule has 0 aliphatic carbocycles. The van der Waals surface area contributed by atoms with Gasteiger partial charge in [-0.15, -0.1) is 0 Å². The average molecular weight is 314 g/mol. The summed E-state index contributed by atoms with van der Waals surface area (Å²) < 4.78 is 61.5. The number of alkyl halides is 3. The number of hydrogen-bond donors (Lipinski definition) is 2. The molecular weight excluding hydrogens is 307 g/mol. The normalized spacial score (nSPS) is 11.9. The van der Waals surface area contributed by atoms with Gasteiger partial charge in [-0.2, -0.15) is 31.6 Å². The third-order valence-corrected chi connectivity index (χ3v) is 3.15. The third kappa shape index (κ3) is 5.34. The van der Waals surface area contributed by atoms with Crippen LogP contribution in [-0.2, 0) is 10.2 Å². The van der Waals surface area contributed by atoms with Gasteiger partial charge in [-0.3, -0.25) is 4.72 Å². The highest BCUT2D eigenvalue weighted by atomic mass is 35.5. The van der Waals surface area contributed by atoms with Crippen molar-refractivity contribution in [3.63, 3.8) is 0 Å². The van der Waals surface area contributed by atoms with Gasteiger partial charge in [-0.05, 0) is 18.2 Å². The summed E-state index contributed by atoms with van der Waals surface area (Å²) in [4.78, 5) is 0. The number of halogens is 4. The SMILES string of the molecule is N#Cc1ccc(Cl)c(NS(=O)(=O)NCC(F)(F)F)c1. The zero-order valence-corrected chi connectivity index (χ0v) is 10.7. The standard InChI is InChI=1S/C9H7ClF3N3O2S/c10-7-2-1-6(4-14)3-8(7)16-19(17,18)15-5-9(11,12)13/h1-3,15-16H,5H2. The molecule has 0 aromatic heterocycles. The molecule has 0 spiro atoms. The first-order chi connectivity index (χ1) is 8.63. The quantitative estimate of drug-likeness (QED) is 0.892. The fourth-order valence-electron chi connectivity index (χ4n) is 1.03. The lowest BCUT2D eigenvalue weighted by molar-refractivity contribution is -0.121. The molecule has 0 aliphatic rings. The van der Waals surface area contributed by atoms with Crippen molar-refractivity contribution in [2.45, 2.75) is 6.18 Å². The lowest BCUT2D eigenvalue weighted by atomic mass is 10.2. The fourth-order valence-corrected chi connectivity index (χ4v) is 2.14. The molecule has 0 radical (unpaired) electrons. The van der Waals surface area contributed by atoms with Crippen LogP contribution in [0.3, 0.4) is 0 Å². The van der Waals surface area contributed by atoms with E-state index in [0.717, 1.165) is 6.07 Å². The molecule has 1 aromatic carbocycles. The summed E-state index contributed by atoms with van der Waals surface area (Å²) in [7, 11) is -4.43. The van der Waals surface area contributed by atoms with Gasteiger partial charge in [0, 0.05) is 0 Å². The van der Waals surface area contributed by atoms with Gasteiger partial charge in [-0.25, -0.2) is 0 Å². The maximum atomic E-state index is 11.9. The molecule has 0 aliphatic heterocycles. The van der Waals surface area contributed by atoms with Crippen molar-refractivity contribution >= 4 is 27.5 Å². The monoisotopic (exact) mass is 313 g/mol. The number of nitrogens with one attached hydrogen (secondary N) is 2. The van der Waals surface area contributed by atoms with Crippen molar-refractivity contribution in [2.24, 2.45) is 0 Å². The van der Waals surface area contributed by atoms with Crippen LogP contribution in [0, 0.1) is 11.3 Å². The van der Waals surface area contributed by atoms with Crippen molar-refractivity contribution in [3.8, 4) is 6.07 Å². The van der Waals surface area contributed by atoms with Crippen molar-refractivity contribution < 1.29 is 21.6 Å². The number of nitriles is 1. The van der Waals surface area contributed by atoms with Crippen molar-refractivity contribution in [3.05, 3.63) is 28.8 Å². The zero-order valence-electron chi connectivity index (χ0n) is 9.12. The molecule has 2 N–H and O–H groups in total. The molecule has 0 saturated heterocycles. The van der Waals surface area contributed by atoms with E-state index in [1.54, 1.807) is 6.07 Å². The van der Waals surface area contributed by atoms with Gasteiger partial charge in [0.2, 0.25) is 0 Å². The highest BCUT2D eigenvalue weighted by Gasteiger charge is 2.29. The summed E-state index contributed by atoms with van der Waals surface area (Å²) in [6, 6.07) is 5.44. The Labute approximate surface area is 112 Å². The highest BCUT2D eigenvalue weighted by molar-refractivity contribution is 7.90. The Balaban J connectivity index is 2.87. The molecule has 0 fully saturated rings. The van der Waals surface area contributed by atoms with Gasteiger partial charge in [0.05, 0.1) is 22.3 Å². The lowest BCUT2D eigenvalue weighted by Crippen LogP contribution is -2.37. The minimum absolute atomic E-state index is 0.0450. The molecule has 10 heteroatoms. The minimum Gasteiger partial charge on any atom is -0.270 e. The van der Waals surface area contributed by atoms with E-state index in [2.05, 4.69) is 0 Å². The maximum Gasteiger partial charge on any atom is 0.402 e. The Bertz CT molecular complexity index is 610. The fraction of sp³-hybridized carbons (Fsp3) is 0.222. The minimum atomic E-state index is -4.67. The number of benzene rings is 1. The van der Waals surface area contributed by atoms with Crippen LogP contribution in [0.25, 0.3) is 0 Å². The van der Waals surface area contributed by atoms with Crippen LogP contribution in [0.1, 0.15) is 5.56 Å². The van der Waals surface area contributed by atoms with Crippen molar-refractivity contribution in [2.75, 3.05) is 11.3 Å². The van der Waals surface area contributed by atoms with Gasteiger partial charge in [0.1, 0.15) is 6.54 Å². The maximum absolute atomic E-state index is 11.9. The van der Waals surface area contributed by atoms with Crippen LogP contribution < -0.4 is 9.44 Å². The lowest BCUT2D eigenvalue weighted by Gasteiger charge is -2.12. The van der Waals surface area contributed by atoms with Gasteiger partial charge >= 0.3 is 6.18 Å². The smallest absolute Gasteiger partial charge is 0.270 e. The highest BCUT2D eigenvalue weighted by Crippen LogP contribution is 2.23. The van der Waals surface area contributed by atoms with Crippen LogP contribution >= 0.6 is 11.6 Å². The van der Waals surface area contributed by atoms with Gasteiger partial charge in [0.15, 0.2) is 0 Å². The molecule has 5 nitrogen and oxygen atoms in total. The van der Waals surface area contributed by atoms with E-state index < -0.39 is 22.9 Å². The summed E-state index contributed by atoms with van der Waals surface area (Å²) in [6.45, 7) is -1.71. The number of hydrogen-bond acceptors (Lipinski definition) is 3. The first-order valence-electron chi connectivity index (χ1n) is 4.67. The van der Waals surface area contributed by atoms with Gasteiger partial charge < -0.3 is 0 Å². The van der Waals surface area contributed by atoms with Crippen LogP contribution in [0.5, 0.6) is 0 Å². The zero-order chi connectivity index (χ0) is 14.7. The molecule has 104 valence electrons. The van der Waals surface area contributed by atoms with Gasteiger partial charge in [-0.1, -0.05) is 11.6 Å². The van der Waals surface area contributed by atoms with E-state index in [1.165, 1.54) is 16.9 Å². The largest absolute Gasteiger partial charge is 0.402 e. The number of nitrogens with zero attached hydrogens (tertiary/aromatic N) is 1. The molecule has 1 rings (SSSR count). The predicted molar refractivity (Wildman–Crippen MR) is 62.8 cm³/mol. The van der Waals surface area contributed by atoms with Crippen LogP contribution in [0.15, 0.2) is 18.2 Å². The van der Waals surface area contributed by atoms with Crippen molar-refractivity contribution in [1.29, 1.82) is 5.26 Å². The Morgan fingerprint density at radius 2 is 2.00 bits per heavy atom. The molecular formula is C9H7ClF3N3O2S. The first-order valence-corrected chi connectivity index (χ1v) is 6.53. The molecule has 0 unspecified atom stereocenters. The average Bonchev–Trinajstić information content (AvgIpc) is 2.29. The second kappa shape index (κ2) is 5.64. The molecule has 0 heterocycles. The second-order valence-electron chi connectivity index (χ2n) is 3.35. The predicted octanol–water partition coefficient (Wildman–Crippen LogP) is 2.02. The molecule has 1 aromatic rings. The molecule has 19 heavy (non-hydrogen) atoms. The number of rotatable bonds is 4. The van der Waals surface area contributed by atoms with Crippen LogP contribution in [-0.4, -0.2) is 21.1 Å². The van der Waals surface area contributed by atoms with E-state index in [4.69, 9.17) is 16.9 Å². The summed E-state index contributed by atoms with van der Waals surface area (Å²) in [5.41, 5.74) is -0.0756. The third-order valence-electron chi connectivity index (χ3n) is 1.80. The van der Waals surface area contributed by atoms with E-state index in [0.29, 0.717) is 0 Å². The topological polar surface area (TPSA) is 82.0 Å². The van der Waals surface area contributed by atoms with E-state index in [1.807, 2.05) is 4.72 Å². The van der Waals surface area contributed by atoms with Crippen molar-refractivity contribution in [1.82, 2.24) is 4.72 Å². The Morgan fingerprint density at radius 1 is 1.37 bits per heavy atom. The van der Waals surface area contributed by atoms with E-state index in [9.17, 15) is 21.6 Å². The summed E-state index contributed by atoms with van der Waals surface area (Å²) in [6.07, 6.45) is -4.67. The molecule has 0 saturated carbocycles. The summed E-state index contributed by atoms with van der Waals surface area (Å²) in [5, 5.41) is 8.58. The molecule has 0 amide bonds. The Morgan fingerprint density at radius 3 is 2.53 bits per heavy atom.